The number of benzene rings is 1. The van der Waals surface area contributed by atoms with Gasteiger partial charge < -0.3 is 10.5 Å². The van der Waals surface area contributed by atoms with E-state index < -0.39 is 4.92 Å². The Kier molecular flexibility index (Phi) is 6.89. The van der Waals surface area contributed by atoms with E-state index in [9.17, 15) is 10.1 Å². The number of non-ortho nitro benzene ring substituents is 1. The van der Waals surface area contributed by atoms with Crippen LogP contribution in [0.5, 0.6) is 0 Å². The summed E-state index contributed by atoms with van der Waals surface area (Å²) in [4.78, 5) is 10.2. The van der Waals surface area contributed by atoms with Crippen LogP contribution in [-0.4, -0.2) is 11.5 Å². The zero-order chi connectivity index (χ0) is 14.1. The minimum Gasteiger partial charge on any atom is -0.398 e. The number of hydrogen-bond acceptors (Lipinski definition) is 4. The molecular formula is C14H22N2O3. The van der Waals surface area contributed by atoms with E-state index in [4.69, 9.17) is 10.5 Å². The number of nitrogen functional groups attached to an aromatic ring is 1. The summed E-state index contributed by atoms with van der Waals surface area (Å²) >= 11 is 0. The van der Waals surface area contributed by atoms with Gasteiger partial charge in [-0.1, -0.05) is 32.6 Å². The molecule has 0 aromatic heterocycles. The summed E-state index contributed by atoms with van der Waals surface area (Å²) in [5.74, 6) is 0. The molecule has 0 spiro atoms. The Bertz CT molecular complexity index is 408. The molecule has 1 rings (SSSR count). The molecule has 0 atom stereocenters. The summed E-state index contributed by atoms with van der Waals surface area (Å²) in [5.41, 5.74) is 7.04. The van der Waals surface area contributed by atoms with Gasteiger partial charge in [-0.25, -0.2) is 0 Å². The maximum atomic E-state index is 10.7. The average Bonchev–Trinajstić information content (AvgIpc) is 2.39. The minimum atomic E-state index is -0.423. The highest BCUT2D eigenvalue weighted by Crippen LogP contribution is 2.20. The first-order valence-corrected chi connectivity index (χ1v) is 6.75. The van der Waals surface area contributed by atoms with Crippen LogP contribution in [0.2, 0.25) is 0 Å². The maximum absolute atomic E-state index is 10.7. The van der Waals surface area contributed by atoms with Crippen LogP contribution in [0.15, 0.2) is 18.2 Å². The monoisotopic (exact) mass is 266 g/mol. The molecular weight excluding hydrogens is 244 g/mol. The maximum Gasteiger partial charge on any atom is 0.269 e. The summed E-state index contributed by atoms with van der Waals surface area (Å²) in [6.07, 6.45) is 5.91. The fraction of sp³-hybridized carbons (Fsp3) is 0.571. The van der Waals surface area contributed by atoms with Crippen molar-refractivity contribution >= 4 is 11.4 Å². The van der Waals surface area contributed by atoms with Crippen molar-refractivity contribution in [2.24, 2.45) is 0 Å². The van der Waals surface area contributed by atoms with Gasteiger partial charge in [-0.2, -0.15) is 0 Å². The number of unbranched alkanes of at least 4 members (excludes halogenated alkanes) is 4. The average molecular weight is 266 g/mol. The molecule has 0 aliphatic carbocycles. The standard InChI is InChI=1S/C14H22N2O3/c1-2-3-4-5-6-9-19-11-12-10-13(16(17)18)7-8-14(12)15/h7-8,10H,2-6,9,11,15H2,1H3. The van der Waals surface area contributed by atoms with E-state index in [0.717, 1.165) is 12.8 Å². The second-order valence-electron chi connectivity index (χ2n) is 4.61. The minimum absolute atomic E-state index is 0.0516. The van der Waals surface area contributed by atoms with Crippen LogP contribution < -0.4 is 5.73 Å². The van der Waals surface area contributed by atoms with E-state index in [2.05, 4.69) is 6.92 Å². The van der Waals surface area contributed by atoms with Crippen LogP contribution in [0, 0.1) is 10.1 Å². The number of hydrogen-bond donors (Lipinski definition) is 1. The van der Waals surface area contributed by atoms with Crippen LogP contribution >= 0.6 is 0 Å². The van der Waals surface area contributed by atoms with Crippen LogP contribution in [0.1, 0.15) is 44.6 Å². The Morgan fingerprint density at radius 3 is 2.68 bits per heavy atom. The molecule has 19 heavy (non-hydrogen) atoms. The van der Waals surface area contributed by atoms with Gasteiger partial charge in [0.05, 0.1) is 11.5 Å². The van der Waals surface area contributed by atoms with Gasteiger partial charge in [-0.15, -0.1) is 0 Å². The molecule has 0 bridgehead atoms. The van der Waals surface area contributed by atoms with Gasteiger partial charge in [-0.05, 0) is 12.5 Å². The van der Waals surface area contributed by atoms with Crippen molar-refractivity contribution in [2.75, 3.05) is 12.3 Å². The summed E-state index contributed by atoms with van der Waals surface area (Å²) in [5, 5.41) is 10.7. The lowest BCUT2D eigenvalue weighted by molar-refractivity contribution is -0.384. The first-order chi connectivity index (χ1) is 9.15. The predicted molar refractivity (Wildman–Crippen MR) is 75.9 cm³/mol. The van der Waals surface area contributed by atoms with Crippen LogP contribution in [0.3, 0.4) is 0 Å². The van der Waals surface area contributed by atoms with Crippen molar-refractivity contribution in [1.29, 1.82) is 0 Å². The lowest BCUT2D eigenvalue weighted by Gasteiger charge is -2.07. The third kappa shape index (κ3) is 5.70. The first-order valence-electron chi connectivity index (χ1n) is 6.75. The molecule has 0 unspecified atom stereocenters. The lowest BCUT2D eigenvalue weighted by atomic mass is 10.1. The van der Waals surface area contributed by atoms with E-state index >= 15 is 0 Å². The second kappa shape index (κ2) is 8.48. The Morgan fingerprint density at radius 1 is 1.26 bits per heavy atom. The fourth-order valence-electron chi connectivity index (χ4n) is 1.82. The van der Waals surface area contributed by atoms with E-state index in [1.807, 2.05) is 0 Å². The van der Waals surface area contributed by atoms with E-state index in [1.54, 1.807) is 6.07 Å². The predicted octanol–water partition coefficient (Wildman–Crippen LogP) is 3.66. The van der Waals surface area contributed by atoms with Gasteiger partial charge in [0.1, 0.15) is 0 Å². The molecule has 2 N–H and O–H groups in total. The number of nitrogens with two attached hydrogens (primary N) is 1. The lowest BCUT2D eigenvalue weighted by Crippen LogP contribution is -2.01. The Morgan fingerprint density at radius 2 is 2.00 bits per heavy atom. The highest BCUT2D eigenvalue weighted by molar-refractivity contribution is 5.52. The molecule has 1 aromatic rings. The number of ether oxygens (including phenoxy) is 1. The van der Waals surface area contributed by atoms with Gasteiger partial charge in [0, 0.05) is 30.0 Å². The van der Waals surface area contributed by atoms with Crippen molar-refractivity contribution in [3.05, 3.63) is 33.9 Å². The molecule has 5 heteroatoms. The molecule has 0 aliphatic heterocycles. The smallest absolute Gasteiger partial charge is 0.269 e. The highest BCUT2D eigenvalue weighted by Gasteiger charge is 2.08. The number of nitro groups is 1. The summed E-state index contributed by atoms with van der Waals surface area (Å²) in [6, 6.07) is 4.44. The molecule has 5 nitrogen and oxygen atoms in total. The number of nitro benzene ring substituents is 1. The van der Waals surface area contributed by atoms with Crippen molar-refractivity contribution in [3.63, 3.8) is 0 Å². The molecule has 1 aromatic carbocycles. The molecule has 0 fully saturated rings. The molecule has 0 radical (unpaired) electrons. The van der Waals surface area contributed by atoms with Crippen molar-refractivity contribution < 1.29 is 9.66 Å². The Labute approximate surface area is 113 Å². The van der Waals surface area contributed by atoms with E-state index in [0.29, 0.717) is 24.5 Å². The molecule has 0 saturated heterocycles. The zero-order valence-corrected chi connectivity index (χ0v) is 11.4. The summed E-state index contributed by atoms with van der Waals surface area (Å²) < 4.78 is 5.51. The van der Waals surface area contributed by atoms with Gasteiger partial charge in [-0.3, -0.25) is 10.1 Å². The van der Waals surface area contributed by atoms with Gasteiger partial charge in [0.25, 0.3) is 5.69 Å². The second-order valence-corrected chi connectivity index (χ2v) is 4.61. The van der Waals surface area contributed by atoms with E-state index in [-0.39, 0.29) is 5.69 Å². The zero-order valence-electron chi connectivity index (χ0n) is 11.4. The SMILES string of the molecule is CCCCCCCOCc1cc([N+](=O)[O-])ccc1N. The third-order valence-electron chi connectivity index (χ3n) is 2.99. The molecule has 0 amide bonds. The third-order valence-corrected chi connectivity index (χ3v) is 2.99. The van der Waals surface area contributed by atoms with Gasteiger partial charge in [0.2, 0.25) is 0 Å². The first kappa shape index (κ1) is 15.4. The van der Waals surface area contributed by atoms with E-state index in [1.165, 1.54) is 31.4 Å². The van der Waals surface area contributed by atoms with Gasteiger partial charge in [0.15, 0.2) is 0 Å². The molecule has 106 valence electrons. The summed E-state index contributed by atoms with van der Waals surface area (Å²) in [6.45, 7) is 3.19. The van der Waals surface area contributed by atoms with Crippen LogP contribution in [-0.2, 0) is 11.3 Å². The Balaban J connectivity index is 2.32. The van der Waals surface area contributed by atoms with Crippen LogP contribution in [0.4, 0.5) is 11.4 Å². The normalized spacial score (nSPS) is 10.6. The topological polar surface area (TPSA) is 78.4 Å². The van der Waals surface area contributed by atoms with Crippen molar-refractivity contribution in [2.45, 2.75) is 45.6 Å². The molecule has 0 aliphatic rings. The summed E-state index contributed by atoms with van der Waals surface area (Å²) in [7, 11) is 0. The number of rotatable bonds is 9. The van der Waals surface area contributed by atoms with Crippen molar-refractivity contribution in [1.82, 2.24) is 0 Å². The van der Waals surface area contributed by atoms with Gasteiger partial charge >= 0.3 is 0 Å². The molecule has 0 heterocycles. The number of nitrogens with zero attached hydrogens (tertiary/aromatic N) is 1. The fourth-order valence-corrected chi connectivity index (χ4v) is 1.82. The van der Waals surface area contributed by atoms with Crippen molar-refractivity contribution in [3.8, 4) is 0 Å². The quantitative estimate of drug-likeness (QED) is 0.320. The number of anilines is 1. The highest BCUT2D eigenvalue weighted by atomic mass is 16.6. The molecule has 0 saturated carbocycles. The largest absolute Gasteiger partial charge is 0.398 e. The Hall–Kier alpha value is -1.62. The van der Waals surface area contributed by atoms with Crippen LogP contribution in [0.25, 0.3) is 0 Å².